The van der Waals surface area contributed by atoms with E-state index in [-0.39, 0.29) is 11.5 Å². The smallest absolute Gasteiger partial charge is 0.337 e. The summed E-state index contributed by atoms with van der Waals surface area (Å²) in [4.78, 5) is 23.1. The fourth-order valence-corrected chi connectivity index (χ4v) is 3.22. The quantitative estimate of drug-likeness (QED) is 0.599. The van der Waals surface area contributed by atoms with E-state index in [0.717, 1.165) is 0 Å². The first-order valence-electron chi connectivity index (χ1n) is 4.49. The Kier molecular flexibility index (Phi) is 3.22. The van der Waals surface area contributed by atoms with Crippen LogP contribution in [0.1, 0.15) is 15.9 Å². The number of amides is 1. The first kappa shape index (κ1) is 12.9. The van der Waals surface area contributed by atoms with Gasteiger partial charge < -0.3 is 10.1 Å². The summed E-state index contributed by atoms with van der Waals surface area (Å²) in [5.74, 6) is -0.804. The van der Waals surface area contributed by atoms with Crippen LogP contribution in [-0.4, -0.2) is 19.0 Å². The molecular weight excluding hydrogens is 377 g/mol. The molecule has 0 radical (unpaired) electrons. The Morgan fingerprint density at radius 3 is 2.71 bits per heavy atom. The van der Waals surface area contributed by atoms with E-state index in [9.17, 15) is 9.59 Å². The third-order valence-corrected chi connectivity index (χ3v) is 4.17. The minimum atomic E-state index is -1.05. The number of esters is 1. The van der Waals surface area contributed by atoms with Gasteiger partial charge in [-0.25, -0.2) is 4.79 Å². The summed E-state index contributed by atoms with van der Waals surface area (Å²) >= 11 is 12.5. The highest BCUT2D eigenvalue weighted by atomic mass is 79.9. The second-order valence-corrected chi connectivity index (χ2v) is 7.25. The summed E-state index contributed by atoms with van der Waals surface area (Å²) in [5.41, 5.74) is 1.32. The van der Waals surface area contributed by atoms with Gasteiger partial charge in [-0.2, -0.15) is 0 Å². The van der Waals surface area contributed by atoms with E-state index in [4.69, 9.17) is 11.6 Å². The maximum atomic E-state index is 11.7. The number of halogens is 3. The molecule has 0 atom stereocenters. The maximum absolute atomic E-state index is 11.7. The second kappa shape index (κ2) is 4.26. The standard InChI is InChI=1S/C10H6Br2ClNO3/c1-17-8(15)4-2-5(13)7-6(3-4)14-9(16)10(7,11)12/h2-3H,1H3,(H,14,16). The van der Waals surface area contributed by atoms with Crippen LogP contribution in [-0.2, 0) is 12.8 Å². The van der Waals surface area contributed by atoms with Crippen molar-refractivity contribution < 1.29 is 14.3 Å². The predicted octanol–water partition coefficient (Wildman–Crippen LogP) is 3.02. The van der Waals surface area contributed by atoms with Crippen LogP contribution >= 0.6 is 43.5 Å². The van der Waals surface area contributed by atoms with E-state index >= 15 is 0 Å². The lowest BCUT2D eigenvalue weighted by molar-refractivity contribution is -0.115. The predicted molar refractivity (Wildman–Crippen MR) is 71.0 cm³/mol. The Balaban J connectivity index is 2.60. The third-order valence-electron chi connectivity index (χ3n) is 2.36. The summed E-state index contributed by atoms with van der Waals surface area (Å²) in [6.07, 6.45) is 0. The lowest BCUT2D eigenvalue weighted by Crippen LogP contribution is -2.20. The minimum Gasteiger partial charge on any atom is -0.465 e. The highest BCUT2D eigenvalue weighted by Gasteiger charge is 2.44. The molecule has 0 spiro atoms. The number of hydrogen-bond acceptors (Lipinski definition) is 3. The molecule has 1 amide bonds. The van der Waals surface area contributed by atoms with E-state index in [1.165, 1.54) is 19.2 Å². The summed E-state index contributed by atoms with van der Waals surface area (Å²) in [5, 5.41) is 2.92. The molecule has 1 aliphatic rings. The molecule has 7 heteroatoms. The highest BCUT2D eigenvalue weighted by Crippen LogP contribution is 2.50. The van der Waals surface area contributed by atoms with Crippen molar-refractivity contribution in [2.24, 2.45) is 0 Å². The van der Waals surface area contributed by atoms with Gasteiger partial charge >= 0.3 is 5.97 Å². The van der Waals surface area contributed by atoms with Crippen molar-refractivity contribution in [2.45, 2.75) is 3.23 Å². The molecule has 0 fully saturated rings. The van der Waals surface area contributed by atoms with Gasteiger partial charge in [0, 0.05) is 16.3 Å². The molecule has 1 aromatic carbocycles. The molecule has 0 unspecified atom stereocenters. The number of carbonyl (C=O) groups is 2. The molecule has 1 heterocycles. The van der Waals surface area contributed by atoms with Crippen LogP contribution in [0.4, 0.5) is 5.69 Å². The number of hydrogen-bond donors (Lipinski definition) is 1. The number of methoxy groups -OCH3 is 1. The Morgan fingerprint density at radius 2 is 2.12 bits per heavy atom. The fourth-order valence-electron chi connectivity index (χ4n) is 1.57. The molecule has 90 valence electrons. The second-order valence-electron chi connectivity index (χ2n) is 3.40. The minimum absolute atomic E-state index is 0.286. The van der Waals surface area contributed by atoms with Gasteiger partial charge in [0.1, 0.15) is 0 Å². The van der Waals surface area contributed by atoms with E-state index < -0.39 is 9.20 Å². The van der Waals surface area contributed by atoms with Gasteiger partial charge in [-0.1, -0.05) is 43.5 Å². The Morgan fingerprint density at radius 1 is 1.47 bits per heavy atom. The summed E-state index contributed by atoms with van der Waals surface area (Å²) in [6.45, 7) is 0. The first-order valence-corrected chi connectivity index (χ1v) is 6.46. The number of carbonyl (C=O) groups excluding carboxylic acids is 2. The molecule has 0 saturated carbocycles. The van der Waals surface area contributed by atoms with Crippen LogP contribution < -0.4 is 5.32 Å². The Labute approximate surface area is 119 Å². The molecule has 1 aliphatic heterocycles. The summed E-state index contributed by atoms with van der Waals surface area (Å²) in [6, 6.07) is 2.99. The number of benzene rings is 1. The average Bonchev–Trinajstić information content (AvgIpc) is 2.48. The molecule has 0 aromatic heterocycles. The van der Waals surface area contributed by atoms with Crippen molar-refractivity contribution in [3.8, 4) is 0 Å². The van der Waals surface area contributed by atoms with Crippen molar-refractivity contribution in [3.63, 3.8) is 0 Å². The van der Waals surface area contributed by atoms with Gasteiger partial charge in [0.05, 0.1) is 12.7 Å². The number of ether oxygens (including phenoxy) is 1. The third kappa shape index (κ3) is 1.98. The molecule has 2 rings (SSSR count). The van der Waals surface area contributed by atoms with E-state index in [2.05, 4.69) is 41.9 Å². The Bertz CT molecular complexity index is 531. The van der Waals surface area contributed by atoms with Crippen LogP contribution in [0.15, 0.2) is 12.1 Å². The van der Waals surface area contributed by atoms with Crippen molar-refractivity contribution in [1.82, 2.24) is 0 Å². The number of rotatable bonds is 1. The SMILES string of the molecule is COC(=O)c1cc(Cl)c2c(c1)NC(=O)C2(Br)Br. The molecule has 1 aromatic rings. The van der Waals surface area contributed by atoms with Crippen LogP contribution in [0.5, 0.6) is 0 Å². The van der Waals surface area contributed by atoms with E-state index in [1.54, 1.807) is 0 Å². The van der Waals surface area contributed by atoms with Gasteiger partial charge in [-0.3, -0.25) is 4.79 Å². The van der Waals surface area contributed by atoms with Crippen LogP contribution in [0.2, 0.25) is 5.02 Å². The molecular formula is C10H6Br2ClNO3. The number of alkyl halides is 2. The number of fused-ring (bicyclic) bond motifs is 1. The molecule has 1 N–H and O–H groups in total. The Hall–Kier alpha value is -0.590. The van der Waals surface area contributed by atoms with Gasteiger partial charge in [-0.05, 0) is 12.1 Å². The van der Waals surface area contributed by atoms with E-state index in [1.807, 2.05) is 0 Å². The lowest BCUT2D eigenvalue weighted by atomic mass is 10.1. The van der Waals surface area contributed by atoms with Crippen LogP contribution in [0.25, 0.3) is 0 Å². The molecule has 0 saturated heterocycles. The summed E-state index contributed by atoms with van der Waals surface area (Å²) < 4.78 is 3.54. The van der Waals surface area contributed by atoms with Gasteiger partial charge in [-0.15, -0.1) is 0 Å². The van der Waals surface area contributed by atoms with Crippen molar-refractivity contribution in [2.75, 3.05) is 12.4 Å². The first-order chi connectivity index (χ1) is 7.87. The van der Waals surface area contributed by atoms with Gasteiger partial charge in [0.2, 0.25) is 0 Å². The zero-order valence-corrected chi connectivity index (χ0v) is 12.4. The van der Waals surface area contributed by atoms with Crippen LogP contribution in [0.3, 0.4) is 0 Å². The van der Waals surface area contributed by atoms with Crippen molar-refractivity contribution >= 4 is 61.0 Å². The van der Waals surface area contributed by atoms with E-state index in [0.29, 0.717) is 16.3 Å². The van der Waals surface area contributed by atoms with Crippen molar-refractivity contribution in [1.29, 1.82) is 0 Å². The number of nitrogens with one attached hydrogen (secondary N) is 1. The van der Waals surface area contributed by atoms with Crippen LogP contribution in [0, 0.1) is 0 Å². The topological polar surface area (TPSA) is 55.4 Å². The largest absolute Gasteiger partial charge is 0.465 e. The lowest BCUT2D eigenvalue weighted by Gasteiger charge is -2.12. The highest BCUT2D eigenvalue weighted by molar-refractivity contribution is 9.25. The molecule has 0 aliphatic carbocycles. The van der Waals surface area contributed by atoms with Crippen molar-refractivity contribution in [3.05, 3.63) is 28.3 Å². The van der Waals surface area contributed by atoms with Gasteiger partial charge in [0.25, 0.3) is 5.91 Å². The average molecular weight is 383 g/mol. The fraction of sp³-hybridized carbons (Fsp3) is 0.200. The molecule has 17 heavy (non-hydrogen) atoms. The monoisotopic (exact) mass is 381 g/mol. The summed E-state index contributed by atoms with van der Waals surface area (Å²) in [7, 11) is 1.28. The molecule has 4 nitrogen and oxygen atoms in total. The zero-order valence-electron chi connectivity index (χ0n) is 8.51. The normalized spacial score (nSPS) is 16.4. The molecule has 0 bridgehead atoms. The van der Waals surface area contributed by atoms with Gasteiger partial charge in [0.15, 0.2) is 3.23 Å². The zero-order chi connectivity index (χ0) is 12.8. The number of anilines is 1. The maximum Gasteiger partial charge on any atom is 0.337 e.